The van der Waals surface area contributed by atoms with Crippen LogP contribution in [0.15, 0.2) is 24.4 Å². The number of aromatic nitrogens is 1. The van der Waals surface area contributed by atoms with Crippen LogP contribution in [0.5, 0.6) is 0 Å². The zero-order chi connectivity index (χ0) is 10.1. The van der Waals surface area contributed by atoms with Crippen LogP contribution in [-0.4, -0.2) is 17.3 Å². The molecule has 2 rings (SSSR count). The normalized spacial score (nSPS) is 10.7. The fraction of sp³-hybridized carbons (Fsp3) is 0.100. The van der Waals surface area contributed by atoms with Crippen molar-refractivity contribution in [2.75, 3.05) is 6.54 Å². The van der Waals surface area contributed by atoms with Gasteiger partial charge in [-0.15, -0.1) is 0 Å². The summed E-state index contributed by atoms with van der Waals surface area (Å²) < 4.78 is 0. The molecule has 0 saturated heterocycles. The number of carbonyl (C=O) groups excluding carboxylic acids is 1. The summed E-state index contributed by atoms with van der Waals surface area (Å²) in [6.45, 7) is 0.0277. The lowest BCUT2D eigenvalue weighted by Gasteiger charge is -1.97. The first-order valence-corrected chi connectivity index (χ1v) is 4.60. The molecule has 0 aliphatic heterocycles. The average Bonchev–Trinajstić information content (AvgIpc) is 2.59. The van der Waals surface area contributed by atoms with Gasteiger partial charge in [-0.2, -0.15) is 0 Å². The first-order chi connectivity index (χ1) is 6.72. The van der Waals surface area contributed by atoms with E-state index in [4.69, 9.17) is 17.3 Å². The van der Waals surface area contributed by atoms with E-state index in [-0.39, 0.29) is 12.3 Å². The summed E-state index contributed by atoms with van der Waals surface area (Å²) >= 11 is 5.90. The van der Waals surface area contributed by atoms with E-state index in [0.717, 1.165) is 10.9 Å². The van der Waals surface area contributed by atoms with Gasteiger partial charge >= 0.3 is 0 Å². The van der Waals surface area contributed by atoms with Gasteiger partial charge in [0.2, 0.25) is 0 Å². The first kappa shape index (κ1) is 9.24. The number of hydrogen-bond acceptors (Lipinski definition) is 2. The number of nitrogens with two attached hydrogens (primary N) is 1. The Morgan fingerprint density at radius 2 is 2.29 bits per heavy atom. The van der Waals surface area contributed by atoms with Gasteiger partial charge in [0.15, 0.2) is 5.78 Å². The second-order valence-electron chi connectivity index (χ2n) is 3.02. The number of hydrogen-bond donors (Lipinski definition) is 2. The van der Waals surface area contributed by atoms with Crippen LogP contribution in [0.2, 0.25) is 5.02 Å². The molecule has 1 heterocycles. The molecule has 0 atom stereocenters. The Morgan fingerprint density at radius 1 is 1.50 bits per heavy atom. The number of H-pyrrole nitrogens is 1. The second kappa shape index (κ2) is 3.44. The van der Waals surface area contributed by atoms with Crippen LogP contribution in [-0.2, 0) is 0 Å². The summed E-state index contributed by atoms with van der Waals surface area (Å²) in [4.78, 5) is 14.3. The number of carbonyl (C=O) groups is 1. The lowest BCUT2D eigenvalue weighted by atomic mass is 10.1. The van der Waals surface area contributed by atoms with Gasteiger partial charge in [-0.1, -0.05) is 23.7 Å². The molecule has 0 aliphatic carbocycles. The van der Waals surface area contributed by atoms with Crippen LogP contribution in [0.3, 0.4) is 0 Å². The minimum atomic E-state index is -0.0716. The molecule has 0 aliphatic rings. The third kappa shape index (κ3) is 1.41. The Balaban J connectivity index is 2.57. The number of Topliss-reactive ketones (excluding diaryl/α,β-unsaturated/α-hetero) is 1. The maximum Gasteiger partial charge on any atom is 0.176 e. The molecule has 3 N–H and O–H groups in total. The zero-order valence-corrected chi connectivity index (χ0v) is 8.14. The Bertz CT molecular complexity index is 490. The molecule has 1 aromatic heterocycles. The third-order valence-corrected chi connectivity index (χ3v) is 2.45. The van der Waals surface area contributed by atoms with E-state index in [1.54, 1.807) is 18.3 Å². The summed E-state index contributed by atoms with van der Waals surface area (Å²) in [5.41, 5.74) is 6.73. The van der Waals surface area contributed by atoms with Crippen LogP contribution in [0.25, 0.3) is 10.9 Å². The number of nitrogens with one attached hydrogen (secondary N) is 1. The molecule has 72 valence electrons. The predicted octanol–water partition coefficient (Wildman–Crippen LogP) is 1.96. The lowest BCUT2D eigenvalue weighted by molar-refractivity contribution is 0.100. The second-order valence-corrected chi connectivity index (χ2v) is 3.43. The predicted molar refractivity (Wildman–Crippen MR) is 56.7 cm³/mol. The molecule has 1 aromatic carbocycles. The average molecular weight is 209 g/mol. The SMILES string of the molecule is NCC(=O)c1ccc2c(Cl)c[nH]c2c1. The van der Waals surface area contributed by atoms with Crippen molar-refractivity contribution in [2.24, 2.45) is 5.73 Å². The zero-order valence-electron chi connectivity index (χ0n) is 7.38. The molecule has 0 amide bonds. The van der Waals surface area contributed by atoms with Gasteiger partial charge in [0.05, 0.1) is 11.6 Å². The lowest BCUT2D eigenvalue weighted by Crippen LogP contribution is -2.13. The van der Waals surface area contributed by atoms with E-state index in [0.29, 0.717) is 10.6 Å². The highest BCUT2D eigenvalue weighted by atomic mass is 35.5. The molecular weight excluding hydrogens is 200 g/mol. The van der Waals surface area contributed by atoms with E-state index in [2.05, 4.69) is 4.98 Å². The summed E-state index contributed by atoms with van der Waals surface area (Å²) in [5.74, 6) is -0.0716. The van der Waals surface area contributed by atoms with Crippen LogP contribution in [0.4, 0.5) is 0 Å². The van der Waals surface area contributed by atoms with Crippen molar-refractivity contribution >= 4 is 28.3 Å². The van der Waals surface area contributed by atoms with E-state index < -0.39 is 0 Å². The Morgan fingerprint density at radius 3 is 3.00 bits per heavy atom. The van der Waals surface area contributed by atoms with Crippen molar-refractivity contribution in [2.45, 2.75) is 0 Å². The van der Waals surface area contributed by atoms with Crippen molar-refractivity contribution in [3.8, 4) is 0 Å². The minimum Gasteiger partial charge on any atom is -0.360 e. The van der Waals surface area contributed by atoms with Crippen LogP contribution < -0.4 is 5.73 Å². The van der Waals surface area contributed by atoms with E-state index >= 15 is 0 Å². The maximum atomic E-state index is 11.3. The standard InChI is InChI=1S/C10H9ClN2O/c11-8-5-13-9-3-6(10(14)4-12)1-2-7(8)9/h1-3,5,13H,4,12H2. The molecule has 14 heavy (non-hydrogen) atoms. The number of benzene rings is 1. The summed E-state index contributed by atoms with van der Waals surface area (Å²) in [7, 11) is 0. The monoisotopic (exact) mass is 208 g/mol. The van der Waals surface area contributed by atoms with Crippen molar-refractivity contribution in [3.05, 3.63) is 35.0 Å². The number of fused-ring (bicyclic) bond motifs is 1. The van der Waals surface area contributed by atoms with E-state index in [1.807, 2.05) is 6.07 Å². The third-order valence-electron chi connectivity index (χ3n) is 2.14. The van der Waals surface area contributed by atoms with E-state index in [9.17, 15) is 4.79 Å². The quantitative estimate of drug-likeness (QED) is 0.742. The number of aromatic amines is 1. The van der Waals surface area contributed by atoms with Crippen LogP contribution >= 0.6 is 11.6 Å². The largest absolute Gasteiger partial charge is 0.360 e. The highest BCUT2D eigenvalue weighted by Gasteiger charge is 2.06. The van der Waals surface area contributed by atoms with Crippen LogP contribution in [0.1, 0.15) is 10.4 Å². The van der Waals surface area contributed by atoms with Gasteiger partial charge in [0, 0.05) is 22.7 Å². The van der Waals surface area contributed by atoms with Gasteiger partial charge in [0.1, 0.15) is 0 Å². The van der Waals surface area contributed by atoms with Gasteiger partial charge in [-0.05, 0) is 6.07 Å². The highest BCUT2D eigenvalue weighted by Crippen LogP contribution is 2.23. The van der Waals surface area contributed by atoms with Crippen molar-refractivity contribution in [1.29, 1.82) is 0 Å². The first-order valence-electron chi connectivity index (χ1n) is 4.22. The molecule has 2 aromatic rings. The Labute approximate surface area is 85.9 Å². The molecule has 4 heteroatoms. The summed E-state index contributed by atoms with van der Waals surface area (Å²) in [5, 5.41) is 1.58. The number of rotatable bonds is 2. The summed E-state index contributed by atoms with van der Waals surface area (Å²) in [6, 6.07) is 5.31. The van der Waals surface area contributed by atoms with Crippen molar-refractivity contribution < 1.29 is 4.79 Å². The smallest absolute Gasteiger partial charge is 0.176 e. The molecule has 0 spiro atoms. The van der Waals surface area contributed by atoms with Crippen LogP contribution in [0, 0.1) is 0 Å². The van der Waals surface area contributed by atoms with Gasteiger partial charge in [0.25, 0.3) is 0 Å². The topological polar surface area (TPSA) is 58.9 Å². The molecule has 3 nitrogen and oxygen atoms in total. The fourth-order valence-corrected chi connectivity index (χ4v) is 1.60. The summed E-state index contributed by atoms with van der Waals surface area (Å²) in [6.07, 6.45) is 1.70. The number of ketones is 1. The fourth-order valence-electron chi connectivity index (χ4n) is 1.38. The van der Waals surface area contributed by atoms with Gasteiger partial charge < -0.3 is 10.7 Å². The highest BCUT2D eigenvalue weighted by molar-refractivity contribution is 6.35. The van der Waals surface area contributed by atoms with Gasteiger partial charge in [-0.25, -0.2) is 0 Å². The maximum absolute atomic E-state index is 11.3. The Hall–Kier alpha value is -1.32. The molecule has 0 saturated carbocycles. The van der Waals surface area contributed by atoms with Gasteiger partial charge in [-0.3, -0.25) is 4.79 Å². The molecule has 0 fully saturated rings. The molecule has 0 radical (unpaired) electrons. The Kier molecular flexibility index (Phi) is 2.27. The van der Waals surface area contributed by atoms with E-state index in [1.165, 1.54) is 0 Å². The molecule has 0 bridgehead atoms. The number of halogens is 1. The minimum absolute atomic E-state index is 0.0277. The molecule has 0 unspecified atom stereocenters. The van der Waals surface area contributed by atoms with Crippen molar-refractivity contribution in [1.82, 2.24) is 4.98 Å². The van der Waals surface area contributed by atoms with Crippen molar-refractivity contribution in [3.63, 3.8) is 0 Å². The molecular formula is C10H9ClN2O.